The predicted octanol–water partition coefficient (Wildman–Crippen LogP) is 2.60. The summed E-state index contributed by atoms with van der Waals surface area (Å²) in [5.74, 6) is 1.59. The maximum Gasteiger partial charge on any atom is 0.225 e. The highest BCUT2D eigenvalue weighted by Crippen LogP contribution is 2.27. The second-order valence-electron chi connectivity index (χ2n) is 8.89. The highest BCUT2D eigenvalue weighted by atomic mass is 16.2. The van der Waals surface area contributed by atoms with Crippen molar-refractivity contribution in [3.05, 3.63) is 0 Å². The number of hydrogen-bond acceptors (Lipinski definition) is 3. The van der Waals surface area contributed by atoms with Crippen LogP contribution in [0.5, 0.6) is 0 Å². The molecule has 2 atom stereocenters. The summed E-state index contributed by atoms with van der Waals surface area (Å²) in [7, 11) is 0. The molecule has 2 saturated heterocycles. The second-order valence-corrected chi connectivity index (χ2v) is 8.89. The highest BCUT2D eigenvalue weighted by Gasteiger charge is 2.32. The monoisotopic (exact) mass is 391 g/mol. The number of guanidine groups is 1. The van der Waals surface area contributed by atoms with Crippen LogP contribution in [0.4, 0.5) is 0 Å². The van der Waals surface area contributed by atoms with Gasteiger partial charge in [0, 0.05) is 50.7 Å². The van der Waals surface area contributed by atoms with E-state index >= 15 is 0 Å². The first-order valence-corrected chi connectivity index (χ1v) is 11.7. The average molecular weight is 392 g/mol. The fourth-order valence-corrected chi connectivity index (χ4v) is 4.98. The van der Waals surface area contributed by atoms with Crippen LogP contribution in [0.3, 0.4) is 0 Å². The van der Waals surface area contributed by atoms with E-state index in [1.807, 2.05) is 0 Å². The third kappa shape index (κ3) is 6.10. The number of aliphatic imine (C=N–C) groups is 1. The van der Waals surface area contributed by atoms with Gasteiger partial charge in [0.05, 0.1) is 0 Å². The number of nitrogens with zero attached hydrogens (tertiary/aromatic N) is 3. The summed E-state index contributed by atoms with van der Waals surface area (Å²) in [6.45, 7) is 10.3. The minimum atomic E-state index is 0.290. The van der Waals surface area contributed by atoms with E-state index < -0.39 is 0 Å². The molecule has 2 aliphatic heterocycles. The summed E-state index contributed by atoms with van der Waals surface area (Å²) in [4.78, 5) is 22.1. The summed E-state index contributed by atoms with van der Waals surface area (Å²) in [6, 6.07) is 1.05. The molecule has 2 heterocycles. The topological polar surface area (TPSA) is 60.0 Å². The highest BCUT2D eigenvalue weighted by molar-refractivity contribution is 5.81. The molecule has 1 aliphatic carbocycles. The van der Waals surface area contributed by atoms with E-state index in [1.54, 1.807) is 0 Å². The van der Waals surface area contributed by atoms with Crippen LogP contribution in [0.25, 0.3) is 0 Å². The van der Waals surface area contributed by atoms with E-state index in [0.717, 1.165) is 70.4 Å². The maximum absolute atomic E-state index is 12.6. The fraction of sp³-hybridized carbons (Fsp3) is 0.909. The molecule has 0 aromatic rings. The van der Waals surface area contributed by atoms with Crippen LogP contribution in [0.15, 0.2) is 4.99 Å². The Labute approximate surface area is 171 Å². The number of piperidine rings is 1. The Morgan fingerprint density at radius 2 is 1.86 bits per heavy atom. The van der Waals surface area contributed by atoms with Crippen molar-refractivity contribution in [1.82, 2.24) is 20.4 Å². The number of likely N-dealkylation sites (tertiary alicyclic amines) is 2. The van der Waals surface area contributed by atoms with Crippen LogP contribution in [0.2, 0.25) is 0 Å². The van der Waals surface area contributed by atoms with Gasteiger partial charge < -0.3 is 20.4 Å². The van der Waals surface area contributed by atoms with E-state index in [9.17, 15) is 4.79 Å². The normalized spacial score (nSPS) is 27.4. The predicted molar refractivity (Wildman–Crippen MR) is 116 cm³/mol. The van der Waals surface area contributed by atoms with Crippen molar-refractivity contribution in [2.24, 2.45) is 10.9 Å². The molecule has 3 fully saturated rings. The SMILES string of the molecule is CCNC(=NCCCN1CCCCC1C)NC1CCN(C(=O)C2CCCC2)C1. The van der Waals surface area contributed by atoms with Gasteiger partial charge in [0.2, 0.25) is 5.91 Å². The molecule has 0 aromatic heterocycles. The molecule has 6 heteroatoms. The number of hydrogen-bond donors (Lipinski definition) is 2. The number of amides is 1. The number of nitrogens with one attached hydrogen (secondary N) is 2. The molecule has 2 N–H and O–H groups in total. The Hall–Kier alpha value is -1.30. The molecule has 1 amide bonds. The van der Waals surface area contributed by atoms with E-state index in [4.69, 9.17) is 4.99 Å². The molecule has 1 saturated carbocycles. The summed E-state index contributed by atoms with van der Waals surface area (Å²) < 4.78 is 0. The van der Waals surface area contributed by atoms with Crippen molar-refractivity contribution >= 4 is 11.9 Å². The smallest absolute Gasteiger partial charge is 0.225 e. The Kier molecular flexibility index (Phi) is 8.44. The van der Waals surface area contributed by atoms with Gasteiger partial charge in [-0.1, -0.05) is 19.3 Å². The summed E-state index contributed by atoms with van der Waals surface area (Å²) in [5, 5.41) is 6.95. The van der Waals surface area contributed by atoms with Gasteiger partial charge in [-0.3, -0.25) is 9.79 Å². The largest absolute Gasteiger partial charge is 0.357 e. The van der Waals surface area contributed by atoms with Gasteiger partial charge in [0.25, 0.3) is 0 Å². The molecule has 160 valence electrons. The van der Waals surface area contributed by atoms with E-state index in [1.165, 1.54) is 38.6 Å². The first-order valence-electron chi connectivity index (χ1n) is 11.7. The molecular formula is C22H41N5O. The molecule has 28 heavy (non-hydrogen) atoms. The molecule has 0 spiro atoms. The van der Waals surface area contributed by atoms with Gasteiger partial charge in [0.1, 0.15) is 0 Å². The van der Waals surface area contributed by atoms with E-state index in [2.05, 4.69) is 34.3 Å². The van der Waals surface area contributed by atoms with Gasteiger partial charge in [-0.2, -0.15) is 0 Å². The van der Waals surface area contributed by atoms with Crippen LogP contribution < -0.4 is 10.6 Å². The van der Waals surface area contributed by atoms with Gasteiger partial charge in [-0.15, -0.1) is 0 Å². The van der Waals surface area contributed by atoms with Crippen molar-refractivity contribution < 1.29 is 4.79 Å². The summed E-state index contributed by atoms with van der Waals surface area (Å²) >= 11 is 0. The molecular weight excluding hydrogens is 350 g/mol. The lowest BCUT2D eigenvalue weighted by atomic mass is 10.0. The molecule has 3 rings (SSSR count). The number of rotatable bonds is 7. The Morgan fingerprint density at radius 3 is 2.61 bits per heavy atom. The zero-order chi connectivity index (χ0) is 19.8. The van der Waals surface area contributed by atoms with Gasteiger partial charge in [0.15, 0.2) is 5.96 Å². The summed E-state index contributed by atoms with van der Waals surface area (Å²) in [5.41, 5.74) is 0. The lowest BCUT2D eigenvalue weighted by molar-refractivity contribution is -0.134. The molecule has 3 aliphatic rings. The van der Waals surface area contributed by atoms with Crippen molar-refractivity contribution in [3.8, 4) is 0 Å². The van der Waals surface area contributed by atoms with Crippen molar-refractivity contribution in [3.63, 3.8) is 0 Å². The standard InChI is InChI=1S/C22H41N5O/c1-3-23-22(24-13-8-15-26-14-7-6-9-18(26)2)25-20-12-16-27(17-20)21(28)19-10-4-5-11-19/h18-20H,3-17H2,1-2H3,(H2,23,24,25). The lowest BCUT2D eigenvalue weighted by Gasteiger charge is -2.33. The van der Waals surface area contributed by atoms with Crippen LogP contribution in [-0.2, 0) is 4.79 Å². The summed E-state index contributed by atoms with van der Waals surface area (Å²) in [6.07, 6.45) is 10.8. The van der Waals surface area contributed by atoms with Gasteiger partial charge in [-0.05, 0) is 58.9 Å². The van der Waals surface area contributed by atoms with Crippen LogP contribution in [0.1, 0.15) is 71.6 Å². The van der Waals surface area contributed by atoms with Crippen LogP contribution in [-0.4, -0.2) is 73.0 Å². The lowest BCUT2D eigenvalue weighted by Crippen LogP contribution is -2.45. The van der Waals surface area contributed by atoms with E-state index in [0.29, 0.717) is 11.9 Å². The van der Waals surface area contributed by atoms with Crippen LogP contribution >= 0.6 is 0 Å². The molecule has 0 aromatic carbocycles. The Morgan fingerprint density at radius 1 is 1.07 bits per heavy atom. The van der Waals surface area contributed by atoms with Crippen LogP contribution in [0, 0.1) is 5.92 Å². The Balaban J connectivity index is 1.41. The first-order chi connectivity index (χ1) is 13.7. The Bertz CT molecular complexity index is 517. The maximum atomic E-state index is 12.6. The molecule has 0 bridgehead atoms. The minimum Gasteiger partial charge on any atom is -0.357 e. The second kappa shape index (κ2) is 11.0. The number of carbonyl (C=O) groups is 1. The molecule has 6 nitrogen and oxygen atoms in total. The third-order valence-corrected chi connectivity index (χ3v) is 6.70. The minimum absolute atomic E-state index is 0.290. The zero-order valence-corrected chi connectivity index (χ0v) is 18.1. The fourth-order valence-electron chi connectivity index (χ4n) is 4.98. The van der Waals surface area contributed by atoms with Gasteiger partial charge >= 0.3 is 0 Å². The third-order valence-electron chi connectivity index (χ3n) is 6.70. The van der Waals surface area contributed by atoms with Crippen molar-refractivity contribution in [2.45, 2.75) is 83.7 Å². The van der Waals surface area contributed by atoms with Crippen molar-refractivity contribution in [2.75, 3.05) is 39.3 Å². The quantitative estimate of drug-likeness (QED) is 0.398. The molecule has 0 radical (unpaired) electrons. The van der Waals surface area contributed by atoms with Crippen molar-refractivity contribution in [1.29, 1.82) is 0 Å². The zero-order valence-electron chi connectivity index (χ0n) is 18.1. The van der Waals surface area contributed by atoms with E-state index in [-0.39, 0.29) is 5.92 Å². The number of carbonyl (C=O) groups excluding carboxylic acids is 1. The van der Waals surface area contributed by atoms with Gasteiger partial charge in [-0.25, -0.2) is 0 Å². The first kappa shape index (κ1) is 21.4. The average Bonchev–Trinajstić information content (AvgIpc) is 3.38. The molecule has 2 unspecified atom stereocenters.